The fourth-order valence-corrected chi connectivity index (χ4v) is 2.53. The molecule has 2 heterocycles. The fourth-order valence-electron chi connectivity index (χ4n) is 1.73. The molecule has 0 fully saturated rings. The maximum Gasteiger partial charge on any atom is 0.0935 e. The van der Waals surface area contributed by atoms with Crippen molar-refractivity contribution in [3.8, 4) is 0 Å². The number of furan rings is 1. The Bertz CT molecular complexity index is 380. The second kappa shape index (κ2) is 5.87. The topological polar surface area (TPSA) is 25.2 Å². The van der Waals surface area contributed by atoms with E-state index in [1.807, 2.05) is 23.7 Å². The van der Waals surface area contributed by atoms with Gasteiger partial charge in [-0.15, -0.1) is 11.3 Å². The van der Waals surface area contributed by atoms with Crippen molar-refractivity contribution < 1.29 is 4.42 Å². The van der Waals surface area contributed by atoms with Gasteiger partial charge in [0.15, 0.2) is 0 Å². The first-order valence-electron chi connectivity index (χ1n) is 5.68. The molecular weight excluding hydrogens is 218 g/mol. The van der Waals surface area contributed by atoms with Crippen molar-refractivity contribution in [3.63, 3.8) is 0 Å². The van der Waals surface area contributed by atoms with Crippen molar-refractivity contribution >= 4 is 11.3 Å². The molecule has 0 aromatic carbocycles. The molecule has 1 atom stereocenters. The lowest BCUT2D eigenvalue weighted by Gasteiger charge is -2.16. The first-order valence-corrected chi connectivity index (χ1v) is 6.56. The minimum Gasteiger partial charge on any atom is -0.472 e. The summed E-state index contributed by atoms with van der Waals surface area (Å²) in [7, 11) is 0. The monoisotopic (exact) mass is 235 g/mol. The molecule has 2 aromatic heterocycles. The van der Waals surface area contributed by atoms with Crippen LogP contribution in [0.5, 0.6) is 0 Å². The van der Waals surface area contributed by atoms with Gasteiger partial charge < -0.3 is 9.73 Å². The maximum atomic E-state index is 5.11. The lowest BCUT2D eigenvalue weighted by Crippen LogP contribution is -2.23. The van der Waals surface area contributed by atoms with Gasteiger partial charge in [-0.1, -0.05) is 13.0 Å². The molecule has 2 nitrogen and oxygen atoms in total. The van der Waals surface area contributed by atoms with E-state index in [2.05, 4.69) is 29.8 Å². The summed E-state index contributed by atoms with van der Waals surface area (Å²) in [5.41, 5.74) is 1.25. The highest BCUT2D eigenvalue weighted by Crippen LogP contribution is 2.23. The predicted molar refractivity (Wildman–Crippen MR) is 67.8 cm³/mol. The van der Waals surface area contributed by atoms with E-state index in [1.165, 1.54) is 10.4 Å². The summed E-state index contributed by atoms with van der Waals surface area (Å²) >= 11 is 1.81. The molecule has 1 N–H and O–H groups in total. The molecule has 0 radical (unpaired) electrons. The maximum absolute atomic E-state index is 5.11. The van der Waals surface area contributed by atoms with Crippen LogP contribution in [0.2, 0.25) is 0 Å². The first kappa shape index (κ1) is 11.4. The third-order valence-electron chi connectivity index (χ3n) is 2.55. The third-order valence-corrected chi connectivity index (χ3v) is 3.53. The molecule has 2 aromatic rings. The minimum atomic E-state index is 0.414. The zero-order valence-corrected chi connectivity index (χ0v) is 10.3. The van der Waals surface area contributed by atoms with E-state index in [0.717, 1.165) is 19.4 Å². The van der Waals surface area contributed by atoms with E-state index in [1.54, 1.807) is 6.26 Å². The van der Waals surface area contributed by atoms with Crippen LogP contribution in [0.3, 0.4) is 0 Å². The highest BCUT2D eigenvalue weighted by molar-refractivity contribution is 7.10. The molecule has 1 unspecified atom stereocenters. The largest absolute Gasteiger partial charge is 0.472 e. The van der Waals surface area contributed by atoms with Gasteiger partial charge in [0, 0.05) is 10.9 Å². The molecule has 0 spiro atoms. The summed E-state index contributed by atoms with van der Waals surface area (Å²) < 4.78 is 5.11. The summed E-state index contributed by atoms with van der Waals surface area (Å²) in [6.45, 7) is 3.25. The van der Waals surface area contributed by atoms with Gasteiger partial charge in [0.1, 0.15) is 0 Å². The lowest BCUT2D eigenvalue weighted by molar-refractivity contribution is 0.526. The molecule has 16 heavy (non-hydrogen) atoms. The third kappa shape index (κ3) is 2.97. The first-order chi connectivity index (χ1) is 7.90. The fraction of sp³-hybridized carbons (Fsp3) is 0.385. The Balaban J connectivity index is 2.03. The summed E-state index contributed by atoms with van der Waals surface area (Å²) in [4.78, 5) is 1.40. The van der Waals surface area contributed by atoms with E-state index in [-0.39, 0.29) is 0 Å². The number of hydrogen-bond donors (Lipinski definition) is 1. The van der Waals surface area contributed by atoms with Gasteiger partial charge in [-0.25, -0.2) is 0 Å². The SMILES string of the molecule is CCCNC(Cc1ccoc1)c1cccs1. The van der Waals surface area contributed by atoms with Crippen molar-refractivity contribution in [2.24, 2.45) is 0 Å². The highest BCUT2D eigenvalue weighted by Gasteiger charge is 2.12. The van der Waals surface area contributed by atoms with Crippen LogP contribution in [0.25, 0.3) is 0 Å². The van der Waals surface area contributed by atoms with Crippen molar-refractivity contribution in [1.29, 1.82) is 0 Å². The number of hydrogen-bond acceptors (Lipinski definition) is 3. The van der Waals surface area contributed by atoms with Gasteiger partial charge in [-0.2, -0.15) is 0 Å². The van der Waals surface area contributed by atoms with Gasteiger partial charge in [-0.05, 0) is 42.5 Å². The Morgan fingerprint density at radius 1 is 1.44 bits per heavy atom. The second-order valence-corrected chi connectivity index (χ2v) is 4.84. The Labute approximate surface area is 100 Å². The van der Waals surface area contributed by atoms with E-state index < -0.39 is 0 Å². The lowest BCUT2D eigenvalue weighted by atomic mass is 10.1. The molecule has 3 heteroatoms. The average Bonchev–Trinajstić information content (AvgIpc) is 2.96. The van der Waals surface area contributed by atoms with E-state index >= 15 is 0 Å². The van der Waals surface area contributed by atoms with Crippen molar-refractivity contribution in [1.82, 2.24) is 5.32 Å². The van der Waals surface area contributed by atoms with Crippen LogP contribution < -0.4 is 5.32 Å². The Kier molecular flexibility index (Phi) is 4.19. The molecule has 86 valence electrons. The smallest absolute Gasteiger partial charge is 0.0935 e. The molecular formula is C13H17NOS. The number of nitrogens with one attached hydrogen (secondary N) is 1. The second-order valence-electron chi connectivity index (χ2n) is 3.86. The molecule has 0 saturated heterocycles. The van der Waals surface area contributed by atoms with Gasteiger partial charge in [0.05, 0.1) is 12.5 Å². The van der Waals surface area contributed by atoms with Crippen LogP contribution in [0.15, 0.2) is 40.5 Å². The van der Waals surface area contributed by atoms with E-state index in [4.69, 9.17) is 4.42 Å². The molecule has 0 saturated carbocycles. The van der Waals surface area contributed by atoms with Crippen LogP contribution in [0.4, 0.5) is 0 Å². The molecule has 0 amide bonds. The van der Waals surface area contributed by atoms with E-state index in [9.17, 15) is 0 Å². The zero-order valence-electron chi connectivity index (χ0n) is 9.48. The quantitative estimate of drug-likeness (QED) is 0.827. The van der Waals surface area contributed by atoms with Crippen LogP contribution >= 0.6 is 11.3 Å². The van der Waals surface area contributed by atoms with Gasteiger partial charge in [0.2, 0.25) is 0 Å². The molecule has 0 bridgehead atoms. The predicted octanol–water partition coefficient (Wildman–Crippen LogP) is 3.62. The molecule has 0 aliphatic heterocycles. The van der Waals surface area contributed by atoms with Gasteiger partial charge in [-0.3, -0.25) is 0 Å². The average molecular weight is 235 g/mol. The molecule has 0 aliphatic rings. The van der Waals surface area contributed by atoms with E-state index in [0.29, 0.717) is 6.04 Å². The summed E-state index contributed by atoms with van der Waals surface area (Å²) in [5.74, 6) is 0. The van der Waals surface area contributed by atoms with Crippen molar-refractivity contribution in [2.75, 3.05) is 6.54 Å². The van der Waals surface area contributed by atoms with Crippen LogP contribution in [0.1, 0.15) is 29.8 Å². The Morgan fingerprint density at radius 3 is 3.00 bits per heavy atom. The van der Waals surface area contributed by atoms with Crippen molar-refractivity contribution in [3.05, 3.63) is 46.5 Å². The van der Waals surface area contributed by atoms with Gasteiger partial charge in [0.25, 0.3) is 0 Å². The molecule has 2 rings (SSSR count). The number of thiophene rings is 1. The molecule has 0 aliphatic carbocycles. The van der Waals surface area contributed by atoms with Crippen LogP contribution in [0, 0.1) is 0 Å². The summed E-state index contributed by atoms with van der Waals surface area (Å²) in [6, 6.07) is 6.75. The normalized spacial score (nSPS) is 12.8. The van der Waals surface area contributed by atoms with Gasteiger partial charge >= 0.3 is 0 Å². The standard InChI is InChI=1S/C13H17NOS/c1-2-6-14-12(13-4-3-8-16-13)9-11-5-7-15-10-11/h3-5,7-8,10,12,14H,2,6,9H2,1H3. The number of rotatable bonds is 6. The Hall–Kier alpha value is -1.06. The van der Waals surface area contributed by atoms with Crippen molar-refractivity contribution in [2.45, 2.75) is 25.8 Å². The minimum absolute atomic E-state index is 0.414. The summed E-state index contributed by atoms with van der Waals surface area (Å²) in [5, 5.41) is 5.71. The highest BCUT2D eigenvalue weighted by atomic mass is 32.1. The van der Waals surface area contributed by atoms with Crippen LogP contribution in [-0.2, 0) is 6.42 Å². The Morgan fingerprint density at radius 2 is 2.38 bits per heavy atom. The van der Waals surface area contributed by atoms with Crippen LogP contribution in [-0.4, -0.2) is 6.54 Å². The summed E-state index contributed by atoms with van der Waals surface area (Å²) in [6.07, 6.45) is 5.72. The zero-order chi connectivity index (χ0) is 11.2.